The van der Waals surface area contributed by atoms with Gasteiger partial charge in [-0.15, -0.1) is 0 Å². The average molecular weight is 282 g/mol. The zero-order chi connectivity index (χ0) is 15.3. The maximum absolute atomic E-state index is 11.9. The highest BCUT2D eigenvalue weighted by atomic mass is 16.4. The summed E-state index contributed by atoms with van der Waals surface area (Å²) < 4.78 is 4.77. The quantitative estimate of drug-likeness (QED) is 0.709. The van der Waals surface area contributed by atoms with Crippen LogP contribution in [0, 0.1) is 5.92 Å². The van der Waals surface area contributed by atoms with Gasteiger partial charge in [0.1, 0.15) is 18.3 Å². The van der Waals surface area contributed by atoms with Gasteiger partial charge in [0.25, 0.3) is 5.91 Å². The van der Waals surface area contributed by atoms with Crippen molar-refractivity contribution in [3.05, 3.63) is 24.2 Å². The van der Waals surface area contributed by atoms with Crippen LogP contribution in [0.1, 0.15) is 31.1 Å². The fourth-order valence-corrected chi connectivity index (χ4v) is 1.53. The van der Waals surface area contributed by atoms with Gasteiger partial charge >= 0.3 is 5.97 Å². The Morgan fingerprint density at radius 3 is 2.30 bits per heavy atom. The molecule has 0 radical (unpaired) electrons. The Balaban J connectivity index is 2.59. The lowest BCUT2D eigenvalue weighted by Gasteiger charge is -2.20. The predicted molar refractivity (Wildman–Crippen MR) is 70.0 cm³/mol. The van der Waals surface area contributed by atoms with Crippen LogP contribution in [0.2, 0.25) is 0 Å². The first-order valence-corrected chi connectivity index (χ1v) is 6.19. The fourth-order valence-electron chi connectivity index (χ4n) is 1.53. The fraction of sp³-hybridized carbons (Fsp3) is 0.462. The largest absolute Gasteiger partial charge is 0.480 e. The van der Waals surface area contributed by atoms with Gasteiger partial charge in [0.2, 0.25) is 5.91 Å². The molecule has 1 aromatic heterocycles. The molecule has 0 aliphatic heterocycles. The Bertz CT molecular complexity index is 481. The van der Waals surface area contributed by atoms with E-state index in [-0.39, 0.29) is 5.92 Å². The van der Waals surface area contributed by atoms with Gasteiger partial charge in [-0.3, -0.25) is 9.59 Å². The molecule has 1 heterocycles. The van der Waals surface area contributed by atoms with Crippen LogP contribution in [0.5, 0.6) is 0 Å². The highest BCUT2D eigenvalue weighted by Gasteiger charge is 2.26. The third-order valence-corrected chi connectivity index (χ3v) is 2.75. The minimum absolute atomic E-state index is 0.256. The van der Waals surface area contributed by atoms with Crippen LogP contribution in [0.4, 0.5) is 0 Å². The first kappa shape index (κ1) is 15.7. The highest BCUT2D eigenvalue weighted by molar-refractivity contribution is 5.97. The second-order valence-corrected chi connectivity index (χ2v) is 4.78. The number of carbonyl (C=O) groups is 3. The molecule has 3 N–H and O–H groups in total. The first-order valence-electron chi connectivity index (χ1n) is 6.19. The molecule has 1 rings (SSSR count). The Hall–Kier alpha value is -2.31. The number of carboxylic acids is 1. The molecule has 2 atom stereocenters. The molecule has 2 unspecified atom stereocenters. The third-order valence-electron chi connectivity index (χ3n) is 2.75. The maximum atomic E-state index is 11.9. The number of amides is 2. The molecule has 2 amide bonds. The zero-order valence-corrected chi connectivity index (χ0v) is 11.5. The number of nitrogens with one attached hydrogen (secondary N) is 2. The molecule has 0 saturated heterocycles. The van der Waals surface area contributed by atoms with Crippen molar-refractivity contribution in [1.82, 2.24) is 10.6 Å². The Labute approximate surface area is 116 Å². The topological polar surface area (TPSA) is 109 Å². The van der Waals surface area contributed by atoms with Crippen LogP contribution in [-0.2, 0) is 9.59 Å². The number of rotatable bonds is 6. The number of hydrogen-bond donors (Lipinski definition) is 3. The van der Waals surface area contributed by atoms with E-state index in [9.17, 15) is 14.4 Å². The third kappa shape index (κ3) is 4.11. The summed E-state index contributed by atoms with van der Waals surface area (Å²) in [5, 5.41) is 13.8. The van der Waals surface area contributed by atoms with Crippen LogP contribution in [0.15, 0.2) is 23.0 Å². The lowest BCUT2D eigenvalue weighted by atomic mass is 10.0. The van der Waals surface area contributed by atoms with Crippen molar-refractivity contribution in [1.29, 1.82) is 0 Å². The number of aliphatic carboxylic acids is 1. The molecule has 0 spiro atoms. The summed E-state index contributed by atoms with van der Waals surface area (Å²) in [7, 11) is 0. The summed E-state index contributed by atoms with van der Waals surface area (Å²) in [6.07, 6.45) is 2.60. The minimum atomic E-state index is -1.11. The summed E-state index contributed by atoms with van der Waals surface area (Å²) in [6.45, 7) is 4.86. The van der Waals surface area contributed by atoms with E-state index in [1.165, 1.54) is 25.5 Å². The Kier molecular flexibility index (Phi) is 5.31. The normalized spacial score (nSPS) is 13.6. The average Bonchev–Trinajstić information content (AvgIpc) is 2.88. The van der Waals surface area contributed by atoms with Gasteiger partial charge in [-0.2, -0.15) is 0 Å². The van der Waals surface area contributed by atoms with E-state index in [0.717, 1.165) is 0 Å². The molecule has 20 heavy (non-hydrogen) atoms. The van der Waals surface area contributed by atoms with E-state index in [1.807, 2.05) is 0 Å². The van der Waals surface area contributed by atoms with Crippen molar-refractivity contribution in [3.8, 4) is 0 Å². The molecule has 0 aliphatic rings. The van der Waals surface area contributed by atoms with E-state index >= 15 is 0 Å². The van der Waals surface area contributed by atoms with E-state index in [0.29, 0.717) is 5.56 Å². The smallest absolute Gasteiger partial charge is 0.326 e. The minimum Gasteiger partial charge on any atom is -0.480 e. The SMILES string of the molecule is CC(NC(=O)c1ccoc1)C(=O)NC(C(=O)O)C(C)C. The maximum Gasteiger partial charge on any atom is 0.326 e. The standard InChI is InChI=1S/C13H18N2O5/c1-7(2)10(13(18)19)15-11(16)8(3)14-12(17)9-4-5-20-6-9/h4-8,10H,1-3H3,(H,14,17)(H,15,16)(H,18,19). The number of carbonyl (C=O) groups excluding carboxylic acids is 2. The summed E-state index contributed by atoms with van der Waals surface area (Å²) in [4.78, 5) is 34.6. The van der Waals surface area contributed by atoms with Gasteiger partial charge in [-0.05, 0) is 18.9 Å². The van der Waals surface area contributed by atoms with Crippen LogP contribution in [0.25, 0.3) is 0 Å². The summed E-state index contributed by atoms with van der Waals surface area (Å²) in [6, 6.07) is -0.373. The van der Waals surface area contributed by atoms with Crippen LogP contribution in [-0.4, -0.2) is 35.0 Å². The summed E-state index contributed by atoms with van der Waals surface area (Å²) in [5.74, 6) is -2.38. The second-order valence-electron chi connectivity index (χ2n) is 4.78. The molecule has 1 aromatic rings. The van der Waals surface area contributed by atoms with Crippen molar-refractivity contribution in [3.63, 3.8) is 0 Å². The van der Waals surface area contributed by atoms with E-state index < -0.39 is 29.9 Å². The molecule has 7 nitrogen and oxygen atoms in total. The molecule has 0 saturated carbocycles. The highest BCUT2D eigenvalue weighted by Crippen LogP contribution is 2.03. The van der Waals surface area contributed by atoms with Crippen LogP contribution >= 0.6 is 0 Å². The van der Waals surface area contributed by atoms with Gasteiger partial charge < -0.3 is 20.2 Å². The van der Waals surface area contributed by atoms with Crippen molar-refractivity contribution in [2.24, 2.45) is 5.92 Å². The number of furan rings is 1. The molecular formula is C13H18N2O5. The van der Waals surface area contributed by atoms with Crippen LogP contribution < -0.4 is 10.6 Å². The zero-order valence-electron chi connectivity index (χ0n) is 11.5. The van der Waals surface area contributed by atoms with E-state index in [1.54, 1.807) is 13.8 Å². The first-order chi connectivity index (χ1) is 9.32. The summed E-state index contributed by atoms with van der Waals surface area (Å²) in [5.41, 5.74) is 0.295. The lowest BCUT2D eigenvalue weighted by Crippen LogP contribution is -2.52. The van der Waals surface area contributed by atoms with Crippen molar-refractivity contribution in [2.75, 3.05) is 0 Å². The number of hydrogen-bond acceptors (Lipinski definition) is 4. The molecule has 0 bridgehead atoms. The van der Waals surface area contributed by atoms with Crippen LogP contribution in [0.3, 0.4) is 0 Å². The second kappa shape index (κ2) is 6.74. The van der Waals surface area contributed by atoms with E-state index in [4.69, 9.17) is 9.52 Å². The lowest BCUT2D eigenvalue weighted by molar-refractivity contribution is -0.143. The monoisotopic (exact) mass is 282 g/mol. The van der Waals surface area contributed by atoms with E-state index in [2.05, 4.69) is 10.6 Å². The number of carboxylic acid groups (broad SMARTS) is 1. The van der Waals surface area contributed by atoms with Crippen molar-refractivity contribution >= 4 is 17.8 Å². The molecule has 0 aromatic carbocycles. The van der Waals surface area contributed by atoms with Gasteiger partial charge in [0.15, 0.2) is 0 Å². The van der Waals surface area contributed by atoms with Gasteiger partial charge in [-0.1, -0.05) is 13.8 Å². The summed E-state index contributed by atoms with van der Waals surface area (Å²) >= 11 is 0. The predicted octanol–water partition coefficient (Wildman–Crippen LogP) is 0.623. The molecule has 0 fully saturated rings. The van der Waals surface area contributed by atoms with Gasteiger partial charge in [0, 0.05) is 0 Å². The Morgan fingerprint density at radius 2 is 1.85 bits per heavy atom. The van der Waals surface area contributed by atoms with Crippen molar-refractivity contribution < 1.29 is 23.9 Å². The molecule has 7 heteroatoms. The van der Waals surface area contributed by atoms with Gasteiger partial charge in [0.05, 0.1) is 11.8 Å². The molecule has 110 valence electrons. The van der Waals surface area contributed by atoms with Crippen molar-refractivity contribution in [2.45, 2.75) is 32.9 Å². The molecule has 0 aliphatic carbocycles. The Morgan fingerprint density at radius 1 is 1.20 bits per heavy atom. The van der Waals surface area contributed by atoms with Gasteiger partial charge in [-0.25, -0.2) is 4.79 Å². The molecular weight excluding hydrogens is 264 g/mol.